The van der Waals surface area contributed by atoms with Crippen LogP contribution in [-0.4, -0.2) is 18.8 Å². The number of ether oxygens (including phenoxy) is 1. The molecule has 1 heterocycles. The Balaban J connectivity index is 1.76. The van der Waals surface area contributed by atoms with Crippen molar-refractivity contribution in [2.75, 3.05) is 12.8 Å². The Hall–Kier alpha value is -1.45. The third-order valence-electron chi connectivity index (χ3n) is 4.40. The summed E-state index contributed by atoms with van der Waals surface area (Å²) in [4.78, 5) is 1.24. The van der Waals surface area contributed by atoms with Gasteiger partial charge in [-0.3, -0.25) is 0 Å². The quantitative estimate of drug-likeness (QED) is 0.749. The van der Waals surface area contributed by atoms with E-state index in [4.69, 9.17) is 4.74 Å². The highest BCUT2D eigenvalue weighted by molar-refractivity contribution is 7.98. The molecule has 23 heavy (non-hydrogen) atoms. The summed E-state index contributed by atoms with van der Waals surface area (Å²) in [5.41, 5.74) is 1.26. The molecular formula is C20H25NOS. The maximum atomic E-state index is 6.39. The van der Waals surface area contributed by atoms with Crippen LogP contribution in [0.15, 0.2) is 59.5 Å². The van der Waals surface area contributed by atoms with Crippen molar-refractivity contribution in [1.82, 2.24) is 5.32 Å². The number of rotatable bonds is 6. The van der Waals surface area contributed by atoms with Gasteiger partial charge >= 0.3 is 0 Å². The smallest absolute Gasteiger partial charge is 0.125 e. The van der Waals surface area contributed by atoms with Crippen molar-refractivity contribution in [3.8, 4) is 5.75 Å². The van der Waals surface area contributed by atoms with Crippen LogP contribution in [0.5, 0.6) is 5.75 Å². The lowest BCUT2D eigenvalue weighted by Gasteiger charge is -2.28. The molecule has 2 nitrogen and oxygen atoms in total. The van der Waals surface area contributed by atoms with Gasteiger partial charge in [0.2, 0.25) is 0 Å². The van der Waals surface area contributed by atoms with Crippen LogP contribution in [0.1, 0.15) is 37.4 Å². The number of hydrogen-bond acceptors (Lipinski definition) is 3. The second-order valence-corrected chi connectivity index (χ2v) is 6.96. The Kier molecular flexibility index (Phi) is 6.00. The minimum absolute atomic E-state index is 0.101. The average molecular weight is 327 g/mol. The lowest BCUT2D eigenvalue weighted by molar-refractivity contribution is 0.169. The summed E-state index contributed by atoms with van der Waals surface area (Å²) in [6.07, 6.45) is 7.08. The molecule has 2 atom stereocenters. The maximum Gasteiger partial charge on any atom is 0.125 e. The van der Waals surface area contributed by atoms with E-state index in [1.54, 1.807) is 11.8 Å². The molecule has 0 aliphatic carbocycles. The molecule has 1 N–H and O–H groups in total. The molecule has 0 saturated carbocycles. The van der Waals surface area contributed by atoms with E-state index >= 15 is 0 Å². The molecule has 122 valence electrons. The Labute approximate surface area is 143 Å². The molecule has 0 bridgehead atoms. The van der Waals surface area contributed by atoms with Gasteiger partial charge in [0.05, 0.1) is 0 Å². The topological polar surface area (TPSA) is 21.3 Å². The van der Waals surface area contributed by atoms with Crippen LogP contribution < -0.4 is 10.1 Å². The van der Waals surface area contributed by atoms with Crippen molar-refractivity contribution < 1.29 is 4.74 Å². The van der Waals surface area contributed by atoms with Gasteiger partial charge in [0, 0.05) is 17.4 Å². The highest BCUT2D eigenvalue weighted by Gasteiger charge is 2.21. The van der Waals surface area contributed by atoms with Crippen molar-refractivity contribution in [3.63, 3.8) is 0 Å². The van der Waals surface area contributed by atoms with Gasteiger partial charge in [-0.25, -0.2) is 0 Å². The zero-order valence-corrected chi connectivity index (χ0v) is 14.5. The second kappa shape index (κ2) is 8.42. The Bertz CT molecular complexity index is 596. The molecule has 0 aromatic heterocycles. The molecular weight excluding hydrogens is 302 g/mol. The fourth-order valence-corrected chi connectivity index (χ4v) is 3.59. The zero-order valence-electron chi connectivity index (χ0n) is 13.7. The maximum absolute atomic E-state index is 6.39. The third kappa shape index (κ3) is 4.76. The number of nitrogens with one attached hydrogen (secondary N) is 1. The van der Waals surface area contributed by atoms with Gasteiger partial charge < -0.3 is 10.1 Å². The van der Waals surface area contributed by atoms with E-state index in [1.807, 2.05) is 0 Å². The van der Waals surface area contributed by atoms with Crippen LogP contribution in [0.3, 0.4) is 0 Å². The molecule has 3 heteroatoms. The Morgan fingerprint density at radius 1 is 1.13 bits per heavy atom. The first-order valence-electron chi connectivity index (χ1n) is 8.44. The monoisotopic (exact) mass is 327 g/mol. The summed E-state index contributed by atoms with van der Waals surface area (Å²) < 4.78 is 6.39. The zero-order chi connectivity index (χ0) is 15.9. The molecule has 2 unspecified atom stereocenters. The minimum Gasteiger partial charge on any atom is -0.486 e. The van der Waals surface area contributed by atoms with Gasteiger partial charge in [0.25, 0.3) is 0 Å². The van der Waals surface area contributed by atoms with Gasteiger partial charge in [0.15, 0.2) is 0 Å². The van der Waals surface area contributed by atoms with Crippen molar-refractivity contribution >= 4 is 11.8 Å². The molecule has 1 saturated heterocycles. The van der Waals surface area contributed by atoms with E-state index in [2.05, 4.69) is 66.2 Å². The van der Waals surface area contributed by atoms with Crippen molar-refractivity contribution in [2.45, 2.75) is 42.7 Å². The summed E-state index contributed by atoms with van der Waals surface area (Å²) >= 11 is 1.75. The first kappa shape index (κ1) is 16.4. The van der Waals surface area contributed by atoms with E-state index in [0.29, 0.717) is 6.04 Å². The van der Waals surface area contributed by atoms with Gasteiger partial charge in [0.1, 0.15) is 11.9 Å². The van der Waals surface area contributed by atoms with Crippen LogP contribution >= 0.6 is 11.8 Å². The lowest BCUT2D eigenvalue weighted by atomic mass is 9.96. The van der Waals surface area contributed by atoms with E-state index in [0.717, 1.165) is 18.7 Å². The standard InChI is InChI=1S/C20H25NOS/c1-23-19-12-7-11-18(15-19)22-20(16-8-3-2-4-9-16)14-17-10-5-6-13-21-17/h2-4,7-9,11-12,15,17,20-21H,5-6,10,13-14H2,1H3. The predicted molar refractivity (Wildman–Crippen MR) is 98.3 cm³/mol. The number of benzene rings is 2. The van der Waals surface area contributed by atoms with Gasteiger partial charge in [-0.15, -0.1) is 11.8 Å². The molecule has 1 aliphatic heterocycles. The summed E-state index contributed by atoms with van der Waals surface area (Å²) in [6.45, 7) is 1.13. The average Bonchev–Trinajstić information content (AvgIpc) is 2.63. The Morgan fingerprint density at radius 3 is 2.74 bits per heavy atom. The first-order chi connectivity index (χ1) is 11.3. The number of piperidine rings is 1. The van der Waals surface area contributed by atoms with E-state index < -0.39 is 0 Å². The highest BCUT2D eigenvalue weighted by Crippen LogP contribution is 2.29. The SMILES string of the molecule is CSc1cccc(OC(CC2CCCCN2)c2ccccc2)c1. The van der Waals surface area contributed by atoms with Crippen LogP contribution in [0.4, 0.5) is 0 Å². The van der Waals surface area contributed by atoms with E-state index in [1.165, 1.54) is 29.7 Å². The van der Waals surface area contributed by atoms with Crippen molar-refractivity contribution in [1.29, 1.82) is 0 Å². The first-order valence-corrected chi connectivity index (χ1v) is 9.66. The van der Waals surface area contributed by atoms with E-state index in [-0.39, 0.29) is 6.10 Å². The minimum atomic E-state index is 0.101. The molecule has 2 aromatic carbocycles. The van der Waals surface area contributed by atoms with Crippen LogP contribution in [0.2, 0.25) is 0 Å². The third-order valence-corrected chi connectivity index (χ3v) is 5.13. The summed E-state index contributed by atoms with van der Waals surface area (Å²) in [7, 11) is 0. The Morgan fingerprint density at radius 2 is 2.00 bits per heavy atom. The molecule has 1 aliphatic rings. The van der Waals surface area contributed by atoms with Gasteiger partial charge in [-0.05, 0) is 49.4 Å². The molecule has 1 fully saturated rings. The molecule has 0 amide bonds. The number of thioether (sulfide) groups is 1. The van der Waals surface area contributed by atoms with Crippen LogP contribution in [-0.2, 0) is 0 Å². The summed E-state index contributed by atoms with van der Waals surface area (Å²) in [6, 6.07) is 19.5. The fraction of sp³-hybridized carbons (Fsp3) is 0.400. The fourth-order valence-electron chi connectivity index (χ4n) is 3.14. The van der Waals surface area contributed by atoms with Gasteiger partial charge in [-0.2, -0.15) is 0 Å². The normalized spacial score (nSPS) is 19.3. The molecule has 0 spiro atoms. The van der Waals surface area contributed by atoms with Crippen LogP contribution in [0, 0.1) is 0 Å². The second-order valence-electron chi connectivity index (χ2n) is 6.08. The predicted octanol–water partition coefficient (Wildman–Crippen LogP) is 5.06. The van der Waals surface area contributed by atoms with Crippen LogP contribution in [0.25, 0.3) is 0 Å². The molecule has 2 aromatic rings. The lowest BCUT2D eigenvalue weighted by Crippen LogP contribution is -2.36. The van der Waals surface area contributed by atoms with Gasteiger partial charge in [-0.1, -0.05) is 42.8 Å². The molecule has 3 rings (SSSR count). The van der Waals surface area contributed by atoms with Crippen molar-refractivity contribution in [2.24, 2.45) is 0 Å². The largest absolute Gasteiger partial charge is 0.486 e. The van der Waals surface area contributed by atoms with Crippen molar-refractivity contribution in [3.05, 3.63) is 60.2 Å². The summed E-state index contributed by atoms with van der Waals surface area (Å²) in [5, 5.41) is 3.64. The summed E-state index contributed by atoms with van der Waals surface area (Å²) in [5.74, 6) is 0.960. The number of hydrogen-bond donors (Lipinski definition) is 1. The van der Waals surface area contributed by atoms with E-state index in [9.17, 15) is 0 Å². The highest BCUT2D eigenvalue weighted by atomic mass is 32.2. The molecule has 0 radical (unpaired) electrons.